The van der Waals surface area contributed by atoms with Crippen molar-refractivity contribution < 1.29 is 9.53 Å². The molecule has 2 heteroatoms. The molecule has 1 atom stereocenters. The summed E-state index contributed by atoms with van der Waals surface area (Å²) in [5.41, 5.74) is 3.13. The number of hydrogen-bond acceptors (Lipinski definition) is 2. The molecule has 0 heterocycles. The van der Waals surface area contributed by atoms with E-state index in [4.69, 9.17) is 4.74 Å². The summed E-state index contributed by atoms with van der Waals surface area (Å²) in [5, 5.41) is 0. The van der Waals surface area contributed by atoms with Crippen LogP contribution in [0.1, 0.15) is 29.5 Å². The Bertz CT molecular complexity index is 546. The lowest BCUT2D eigenvalue weighted by Crippen LogP contribution is -2.03. The van der Waals surface area contributed by atoms with Gasteiger partial charge in [-0.1, -0.05) is 55.5 Å². The molecule has 0 spiro atoms. The molecular formula is C17H18O2. The van der Waals surface area contributed by atoms with Crippen molar-refractivity contribution in [3.8, 4) is 5.75 Å². The topological polar surface area (TPSA) is 26.3 Å². The van der Waals surface area contributed by atoms with Crippen LogP contribution in [0.15, 0.2) is 48.5 Å². The number of carbonyl (C=O) groups is 1. The molecule has 0 radical (unpaired) electrons. The number of rotatable bonds is 5. The lowest BCUT2D eigenvalue weighted by Gasteiger charge is -2.15. The molecule has 2 rings (SSSR count). The van der Waals surface area contributed by atoms with Crippen LogP contribution >= 0.6 is 0 Å². The van der Waals surface area contributed by atoms with Crippen LogP contribution in [0.2, 0.25) is 0 Å². The molecule has 98 valence electrons. The minimum absolute atomic E-state index is 0.148. The van der Waals surface area contributed by atoms with Crippen LogP contribution in [0.3, 0.4) is 0 Å². The van der Waals surface area contributed by atoms with Crippen LogP contribution < -0.4 is 4.74 Å². The van der Waals surface area contributed by atoms with Gasteiger partial charge in [-0.15, -0.1) is 0 Å². The van der Waals surface area contributed by atoms with E-state index in [9.17, 15) is 4.79 Å². The van der Waals surface area contributed by atoms with Crippen molar-refractivity contribution >= 4 is 6.29 Å². The highest BCUT2D eigenvalue weighted by Crippen LogP contribution is 2.29. The zero-order chi connectivity index (χ0) is 13.7. The first-order valence-corrected chi connectivity index (χ1v) is 6.44. The smallest absolute Gasteiger partial charge is 0.127 e. The van der Waals surface area contributed by atoms with Crippen molar-refractivity contribution in [1.29, 1.82) is 0 Å². The van der Waals surface area contributed by atoms with E-state index in [2.05, 4.69) is 0 Å². The van der Waals surface area contributed by atoms with Crippen molar-refractivity contribution in [2.45, 2.75) is 26.4 Å². The van der Waals surface area contributed by atoms with Crippen molar-refractivity contribution in [2.24, 2.45) is 0 Å². The quantitative estimate of drug-likeness (QED) is 0.757. The number of hydrogen-bond donors (Lipinski definition) is 0. The molecule has 2 aromatic rings. The summed E-state index contributed by atoms with van der Waals surface area (Å²) in [5.74, 6) is 0.677. The van der Waals surface area contributed by atoms with Crippen molar-refractivity contribution in [3.05, 3.63) is 65.2 Å². The molecule has 0 aromatic heterocycles. The van der Waals surface area contributed by atoms with Crippen molar-refractivity contribution in [3.63, 3.8) is 0 Å². The first kappa shape index (κ1) is 13.3. The fourth-order valence-electron chi connectivity index (χ4n) is 2.03. The van der Waals surface area contributed by atoms with E-state index >= 15 is 0 Å². The Labute approximate surface area is 114 Å². The van der Waals surface area contributed by atoms with Gasteiger partial charge < -0.3 is 9.53 Å². The lowest BCUT2D eigenvalue weighted by atomic mass is 9.99. The van der Waals surface area contributed by atoms with Crippen LogP contribution in [0, 0.1) is 6.92 Å². The van der Waals surface area contributed by atoms with E-state index in [1.807, 2.05) is 62.4 Å². The fourth-order valence-corrected chi connectivity index (χ4v) is 2.03. The Hall–Kier alpha value is -2.09. The molecule has 0 saturated carbocycles. The van der Waals surface area contributed by atoms with Gasteiger partial charge in [-0.3, -0.25) is 0 Å². The minimum atomic E-state index is -0.148. The molecule has 0 bridgehead atoms. The number of aryl methyl sites for hydroxylation is 1. The summed E-state index contributed by atoms with van der Waals surface area (Å²) in [6, 6.07) is 15.9. The average molecular weight is 254 g/mol. The molecule has 0 fully saturated rings. The average Bonchev–Trinajstić information content (AvgIpc) is 2.46. The fraction of sp³-hybridized carbons (Fsp3) is 0.235. The van der Waals surface area contributed by atoms with Crippen LogP contribution in [0.5, 0.6) is 5.75 Å². The molecule has 19 heavy (non-hydrogen) atoms. The van der Waals surface area contributed by atoms with Gasteiger partial charge in [0.25, 0.3) is 0 Å². The van der Waals surface area contributed by atoms with Gasteiger partial charge in [0.15, 0.2) is 0 Å². The maximum atomic E-state index is 11.0. The number of benzene rings is 2. The number of para-hydroxylation sites is 1. The number of aldehydes is 1. The van der Waals surface area contributed by atoms with Crippen molar-refractivity contribution in [1.82, 2.24) is 0 Å². The second kappa shape index (κ2) is 6.19. The maximum absolute atomic E-state index is 11.0. The molecule has 0 aliphatic carbocycles. The van der Waals surface area contributed by atoms with E-state index < -0.39 is 0 Å². The van der Waals surface area contributed by atoms with E-state index in [-0.39, 0.29) is 5.92 Å². The second-order valence-electron chi connectivity index (χ2n) is 4.69. The SMILES string of the molecule is Cc1cccc(C(C)C=O)c1OCc1ccccc1. The molecule has 0 saturated heterocycles. The summed E-state index contributed by atoms with van der Waals surface area (Å²) in [6.07, 6.45) is 0.949. The normalized spacial score (nSPS) is 11.9. The van der Waals surface area contributed by atoms with Gasteiger partial charge in [-0.2, -0.15) is 0 Å². The minimum Gasteiger partial charge on any atom is -0.488 e. The second-order valence-corrected chi connectivity index (χ2v) is 4.69. The lowest BCUT2D eigenvalue weighted by molar-refractivity contribution is -0.108. The first-order chi connectivity index (χ1) is 9.22. The third kappa shape index (κ3) is 3.22. The van der Waals surface area contributed by atoms with Crippen LogP contribution in [0.4, 0.5) is 0 Å². The molecule has 2 aromatic carbocycles. The standard InChI is InChI=1S/C17H18O2/c1-13-7-6-10-16(14(2)11-18)17(13)19-12-15-8-4-3-5-9-15/h3-11,14H,12H2,1-2H3. The zero-order valence-electron chi connectivity index (χ0n) is 11.3. The number of carbonyl (C=O) groups excluding carboxylic acids is 1. The van der Waals surface area contributed by atoms with E-state index in [1.54, 1.807) is 0 Å². The molecular weight excluding hydrogens is 236 g/mol. The highest BCUT2D eigenvalue weighted by Gasteiger charge is 2.13. The van der Waals surface area contributed by atoms with Gasteiger partial charge >= 0.3 is 0 Å². The Morgan fingerprint density at radius 3 is 2.53 bits per heavy atom. The van der Waals surface area contributed by atoms with Crippen molar-refractivity contribution in [2.75, 3.05) is 0 Å². The molecule has 1 unspecified atom stereocenters. The van der Waals surface area contributed by atoms with Gasteiger partial charge in [0.2, 0.25) is 0 Å². The highest BCUT2D eigenvalue weighted by molar-refractivity contribution is 5.64. The van der Waals surface area contributed by atoms with Gasteiger partial charge in [0.05, 0.1) is 0 Å². The molecule has 0 aliphatic heterocycles. The van der Waals surface area contributed by atoms with E-state index in [1.165, 1.54) is 0 Å². The predicted octanol–water partition coefficient (Wildman–Crippen LogP) is 3.88. The Morgan fingerprint density at radius 2 is 1.84 bits per heavy atom. The molecule has 0 amide bonds. The van der Waals surface area contributed by atoms with Gasteiger partial charge in [0.1, 0.15) is 18.6 Å². The summed E-state index contributed by atoms with van der Waals surface area (Å²) >= 11 is 0. The molecule has 0 N–H and O–H groups in total. The van der Waals surface area contributed by atoms with E-state index in [0.717, 1.165) is 28.7 Å². The summed E-state index contributed by atoms with van der Waals surface area (Å²) in [6.45, 7) is 4.41. The van der Waals surface area contributed by atoms with E-state index in [0.29, 0.717) is 6.61 Å². The van der Waals surface area contributed by atoms with Gasteiger partial charge in [0, 0.05) is 11.5 Å². The third-order valence-electron chi connectivity index (χ3n) is 3.16. The zero-order valence-corrected chi connectivity index (χ0v) is 11.3. The monoisotopic (exact) mass is 254 g/mol. The van der Waals surface area contributed by atoms with Crippen LogP contribution in [-0.4, -0.2) is 6.29 Å². The van der Waals surface area contributed by atoms with Crippen LogP contribution in [-0.2, 0) is 11.4 Å². The summed E-state index contributed by atoms with van der Waals surface area (Å²) in [7, 11) is 0. The van der Waals surface area contributed by atoms with Gasteiger partial charge in [-0.05, 0) is 18.1 Å². The Balaban J connectivity index is 2.22. The summed E-state index contributed by atoms with van der Waals surface area (Å²) < 4.78 is 5.92. The number of ether oxygens (including phenoxy) is 1. The third-order valence-corrected chi connectivity index (χ3v) is 3.16. The highest BCUT2D eigenvalue weighted by atomic mass is 16.5. The molecule has 2 nitrogen and oxygen atoms in total. The Morgan fingerprint density at radius 1 is 1.11 bits per heavy atom. The van der Waals surface area contributed by atoms with Crippen LogP contribution in [0.25, 0.3) is 0 Å². The predicted molar refractivity (Wildman–Crippen MR) is 76.4 cm³/mol. The first-order valence-electron chi connectivity index (χ1n) is 6.44. The summed E-state index contributed by atoms with van der Waals surface area (Å²) in [4.78, 5) is 11.0. The maximum Gasteiger partial charge on any atom is 0.127 e. The van der Waals surface area contributed by atoms with Gasteiger partial charge in [-0.25, -0.2) is 0 Å². The Kier molecular flexibility index (Phi) is 4.35. The molecule has 0 aliphatic rings. The largest absolute Gasteiger partial charge is 0.488 e.